The number of aromatic hydroxyl groups is 1. The van der Waals surface area contributed by atoms with E-state index in [-0.39, 0.29) is 0 Å². The Balaban J connectivity index is 2.82. The van der Waals surface area contributed by atoms with Gasteiger partial charge in [-0.15, -0.1) is 0 Å². The standard InChI is InChI=1S/C20H30O/c1-6-13(5)18-15(8-3)16(9-4)20(21)19-14(7-2)11-10-12-17(18)19/h14,21H,5-12H2,1-4H3. The van der Waals surface area contributed by atoms with Crippen LogP contribution in [0.2, 0.25) is 0 Å². The summed E-state index contributed by atoms with van der Waals surface area (Å²) in [6, 6.07) is 0. The molecule has 1 nitrogen and oxygen atoms in total. The maximum Gasteiger partial charge on any atom is 0.122 e. The number of allylic oxidation sites excluding steroid dienone is 1. The quantitative estimate of drug-likeness (QED) is 0.728. The van der Waals surface area contributed by atoms with Crippen molar-refractivity contribution in [3.63, 3.8) is 0 Å². The molecule has 1 atom stereocenters. The topological polar surface area (TPSA) is 20.2 Å². The monoisotopic (exact) mass is 286 g/mol. The van der Waals surface area contributed by atoms with E-state index < -0.39 is 0 Å². The summed E-state index contributed by atoms with van der Waals surface area (Å²) in [5, 5.41) is 10.9. The lowest BCUT2D eigenvalue weighted by molar-refractivity contribution is 0.435. The molecule has 1 aliphatic rings. The third kappa shape index (κ3) is 2.63. The molecule has 0 radical (unpaired) electrons. The SMILES string of the molecule is C=C(CC)c1c(CC)c(CC)c(O)c2c1CCCC2CC. The van der Waals surface area contributed by atoms with E-state index in [1.54, 1.807) is 0 Å². The molecule has 1 aliphatic carbocycles. The molecular weight excluding hydrogens is 256 g/mol. The van der Waals surface area contributed by atoms with Gasteiger partial charge in [-0.3, -0.25) is 0 Å². The molecule has 0 amide bonds. The van der Waals surface area contributed by atoms with Crippen LogP contribution < -0.4 is 0 Å². The lowest BCUT2D eigenvalue weighted by Crippen LogP contribution is -2.15. The summed E-state index contributed by atoms with van der Waals surface area (Å²) in [4.78, 5) is 0. The number of hydrogen-bond donors (Lipinski definition) is 1. The van der Waals surface area contributed by atoms with E-state index in [0.29, 0.717) is 11.7 Å². The molecule has 0 aliphatic heterocycles. The molecule has 1 N–H and O–H groups in total. The maximum atomic E-state index is 10.9. The summed E-state index contributed by atoms with van der Waals surface area (Å²) in [5.41, 5.74) is 7.81. The zero-order chi connectivity index (χ0) is 15.6. The largest absolute Gasteiger partial charge is 0.507 e. The molecule has 0 fully saturated rings. The second-order valence-electron chi connectivity index (χ2n) is 6.23. The van der Waals surface area contributed by atoms with Crippen LogP contribution in [0.15, 0.2) is 6.58 Å². The van der Waals surface area contributed by atoms with Gasteiger partial charge in [0, 0.05) is 5.56 Å². The average molecular weight is 286 g/mol. The minimum absolute atomic E-state index is 0.522. The van der Waals surface area contributed by atoms with Crippen LogP contribution in [-0.2, 0) is 19.3 Å². The first-order chi connectivity index (χ1) is 10.1. The highest BCUT2D eigenvalue weighted by Gasteiger charge is 2.29. The van der Waals surface area contributed by atoms with Gasteiger partial charge in [-0.05, 0) is 78.7 Å². The average Bonchev–Trinajstić information content (AvgIpc) is 2.52. The van der Waals surface area contributed by atoms with E-state index in [0.717, 1.165) is 32.1 Å². The summed E-state index contributed by atoms with van der Waals surface area (Å²) in [6.07, 6.45) is 7.55. The molecule has 0 bridgehead atoms. The predicted molar refractivity (Wildman–Crippen MR) is 92.2 cm³/mol. The van der Waals surface area contributed by atoms with E-state index >= 15 is 0 Å². The zero-order valence-corrected chi connectivity index (χ0v) is 14.2. The van der Waals surface area contributed by atoms with Crippen molar-refractivity contribution in [1.82, 2.24) is 0 Å². The summed E-state index contributed by atoms with van der Waals surface area (Å²) in [6.45, 7) is 13.1. The molecule has 1 unspecified atom stereocenters. The summed E-state index contributed by atoms with van der Waals surface area (Å²) < 4.78 is 0. The van der Waals surface area contributed by atoms with Gasteiger partial charge in [-0.1, -0.05) is 34.3 Å². The normalized spacial score (nSPS) is 17.6. The Morgan fingerprint density at radius 2 is 1.81 bits per heavy atom. The first kappa shape index (κ1) is 16.1. The van der Waals surface area contributed by atoms with Crippen molar-refractivity contribution in [2.45, 2.75) is 78.6 Å². The smallest absolute Gasteiger partial charge is 0.122 e. The highest BCUT2D eigenvalue weighted by molar-refractivity contribution is 5.75. The second-order valence-corrected chi connectivity index (χ2v) is 6.23. The van der Waals surface area contributed by atoms with Crippen LogP contribution >= 0.6 is 0 Å². The van der Waals surface area contributed by atoms with E-state index in [2.05, 4.69) is 34.3 Å². The Morgan fingerprint density at radius 1 is 1.14 bits per heavy atom. The number of rotatable bonds is 5. The molecule has 0 saturated heterocycles. The van der Waals surface area contributed by atoms with Crippen LogP contribution in [0.5, 0.6) is 5.75 Å². The van der Waals surface area contributed by atoms with Gasteiger partial charge in [0.05, 0.1) is 0 Å². The summed E-state index contributed by atoms with van der Waals surface area (Å²) in [7, 11) is 0. The first-order valence-corrected chi connectivity index (χ1v) is 8.67. The molecule has 0 spiro atoms. The van der Waals surface area contributed by atoms with Crippen LogP contribution in [0.4, 0.5) is 0 Å². The minimum atomic E-state index is 0.522. The predicted octanol–water partition coefficient (Wildman–Crippen LogP) is 5.77. The van der Waals surface area contributed by atoms with Crippen LogP contribution in [0.1, 0.15) is 87.1 Å². The number of phenols is 1. The van der Waals surface area contributed by atoms with Crippen molar-refractivity contribution in [3.8, 4) is 5.75 Å². The number of benzene rings is 1. The fraction of sp³-hybridized carbons (Fsp3) is 0.600. The van der Waals surface area contributed by atoms with Crippen LogP contribution in [0.3, 0.4) is 0 Å². The molecular formula is C20H30O. The third-order valence-corrected chi connectivity index (χ3v) is 5.20. The zero-order valence-electron chi connectivity index (χ0n) is 14.2. The Hall–Kier alpha value is -1.24. The Morgan fingerprint density at radius 3 is 2.33 bits per heavy atom. The Bertz CT molecular complexity index is 540. The van der Waals surface area contributed by atoms with Gasteiger partial charge in [-0.2, -0.15) is 0 Å². The van der Waals surface area contributed by atoms with Gasteiger partial charge in [0.2, 0.25) is 0 Å². The van der Waals surface area contributed by atoms with Crippen molar-refractivity contribution in [3.05, 3.63) is 34.4 Å². The van der Waals surface area contributed by atoms with Gasteiger partial charge in [0.25, 0.3) is 0 Å². The number of phenolic OH excluding ortho intramolecular Hbond substituents is 1. The first-order valence-electron chi connectivity index (χ1n) is 8.67. The van der Waals surface area contributed by atoms with E-state index in [1.165, 1.54) is 46.2 Å². The Labute approximate surface area is 130 Å². The van der Waals surface area contributed by atoms with Gasteiger partial charge >= 0.3 is 0 Å². The van der Waals surface area contributed by atoms with Crippen molar-refractivity contribution in [1.29, 1.82) is 0 Å². The molecule has 21 heavy (non-hydrogen) atoms. The molecule has 1 heteroatoms. The van der Waals surface area contributed by atoms with Gasteiger partial charge in [0.15, 0.2) is 0 Å². The van der Waals surface area contributed by atoms with Crippen molar-refractivity contribution >= 4 is 5.57 Å². The Kier molecular flexibility index (Phi) is 5.13. The lowest BCUT2D eigenvalue weighted by Gasteiger charge is -2.31. The van der Waals surface area contributed by atoms with E-state index in [4.69, 9.17) is 0 Å². The summed E-state index contributed by atoms with van der Waals surface area (Å²) in [5.74, 6) is 1.12. The third-order valence-electron chi connectivity index (χ3n) is 5.20. The van der Waals surface area contributed by atoms with Gasteiger partial charge < -0.3 is 5.11 Å². The number of fused-ring (bicyclic) bond motifs is 1. The molecule has 116 valence electrons. The van der Waals surface area contributed by atoms with E-state index in [1.807, 2.05) is 0 Å². The fourth-order valence-electron chi connectivity index (χ4n) is 4.07. The van der Waals surface area contributed by atoms with Crippen LogP contribution in [0, 0.1) is 0 Å². The molecule has 1 aromatic carbocycles. The second kappa shape index (κ2) is 6.68. The molecule has 0 saturated carbocycles. The van der Waals surface area contributed by atoms with E-state index in [9.17, 15) is 5.11 Å². The molecule has 1 aromatic rings. The molecule has 0 heterocycles. The van der Waals surface area contributed by atoms with Crippen molar-refractivity contribution < 1.29 is 5.11 Å². The highest BCUT2D eigenvalue weighted by atomic mass is 16.3. The van der Waals surface area contributed by atoms with Crippen LogP contribution in [0.25, 0.3) is 5.57 Å². The number of hydrogen-bond acceptors (Lipinski definition) is 1. The lowest BCUT2D eigenvalue weighted by atomic mass is 9.74. The minimum Gasteiger partial charge on any atom is -0.507 e. The fourth-order valence-corrected chi connectivity index (χ4v) is 4.07. The highest BCUT2D eigenvalue weighted by Crippen LogP contribution is 2.46. The molecule has 0 aromatic heterocycles. The van der Waals surface area contributed by atoms with Crippen LogP contribution in [-0.4, -0.2) is 5.11 Å². The van der Waals surface area contributed by atoms with Gasteiger partial charge in [-0.25, -0.2) is 0 Å². The molecule has 2 rings (SSSR count). The van der Waals surface area contributed by atoms with Crippen molar-refractivity contribution in [2.24, 2.45) is 0 Å². The van der Waals surface area contributed by atoms with Gasteiger partial charge in [0.1, 0.15) is 5.75 Å². The summed E-state index contributed by atoms with van der Waals surface area (Å²) >= 11 is 0. The van der Waals surface area contributed by atoms with Crippen molar-refractivity contribution in [2.75, 3.05) is 0 Å². The maximum absolute atomic E-state index is 10.9.